The number of nitrogens with one attached hydrogen (secondary N) is 1. The molecule has 1 heterocycles. The summed E-state index contributed by atoms with van der Waals surface area (Å²) in [5.74, 6) is 1.48. The molecular weight excluding hydrogens is 264 g/mol. The van der Waals surface area contributed by atoms with Gasteiger partial charge in [-0.3, -0.25) is 4.90 Å². The van der Waals surface area contributed by atoms with Gasteiger partial charge in [0.15, 0.2) is 0 Å². The van der Waals surface area contributed by atoms with Crippen LogP contribution in [-0.2, 0) is 4.74 Å². The SMILES string of the molecule is CC(C)c1ccc(OCCOCCN2CCNCC2)cc1. The van der Waals surface area contributed by atoms with E-state index in [2.05, 4.69) is 36.2 Å². The largest absolute Gasteiger partial charge is 0.491 e. The number of piperazine rings is 1. The van der Waals surface area contributed by atoms with E-state index in [0.717, 1.165) is 45.1 Å². The lowest BCUT2D eigenvalue weighted by atomic mass is 10.0. The Balaban J connectivity index is 1.53. The van der Waals surface area contributed by atoms with Crippen molar-refractivity contribution in [3.8, 4) is 5.75 Å². The van der Waals surface area contributed by atoms with Crippen LogP contribution >= 0.6 is 0 Å². The molecule has 0 aromatic heterocycles. The number of benzene rings is 1. The Morgan fingerprint density at radius 2 is 1.76 bits per heavy atom. The van der Waals surface area contributed by atoms with Crippen LogP contribution in [0.2, 0.25) is 0 Å². The molecule has 21 heavy (non-hydrogen) atoms. The van der Waals surface area contributed by atoms with E-state index < -0.39 is 0 Å². The summed E-state index contributed by atoms with van der Waals surface area (Å²) in [6, 6.07) is 8.34. The van der Waals surface area contributed by atoms with Crippen molar-refractivity contribution < 1.29 is 9.47 Å². The monoisotopic (exact) mass is 292 g/mol. The van der Waals surface area contributed by atoms with E-state index in [-0.39, 0.29) is 0 Å². The van der Waals surface area contributed by atoms with Gasteiger partial charge in [-0.15, -0.1) is 0 Å². The van der Waals surface area contributed by atoms with E-state index in [1.807, 2.05) is 12.1 Å². The van der Waals surface area contributed by atoms with Gasteiger partial charge in [-0.25, -0.2) is 0 Å². The van der Waals surface area contributed by atoms with Crippen LogP contribution < -0.4 is 10.1 Å². The van der Waals surface area contributed by atoms with E-state index in [0.29, 0.717) is 19.1 Å². The fraction of sp³-hybridized carbons (Fsp3) is 0.647. The summed E-state index contributed by atoms with van der Waals surface area (Å²) in [5.41, 5.74) is 1.34. The minimum Gasteiger partial charge on any atom is -0.491 e. The third-order valence-corrected chi connectivity index (χ3v) is 3.80. The second-order valence-electron chi connectivity index (χ2n) is 5.78. The Kier molecular flexibility index (Phi) is 7.00. The first-order valence-electron chi connectivity index (χ1n) is 7.99. The van der Waals surface area contributed by atoms with Crippen LogP contribution in [0, 0.1) is 0 Å². The van der Waals surface area contributed by atoms with Crippen LogP contribution in [0.15, 0.2) is 24.3 Å². The molecule has 1 saturated heterocycles. The Hall–Kier alpha value is -1.10. The van der Waals surface area contributed by atoms with Crippen molar-refractivity contribution in [1.29, 1.82) is 0 Å². The van der Waals surface area contributed by atoms with Crippen molar-refractivity contribution in [2.45, 2.75) is 19.8 Å². The standard InChI is InChI=1S/C17H28N2O2/c1-15(2)16-3-5-17(6-4-16)21-14-13-20-12-11-19-9-7-18-8-10-19/h3-6,15,18H,7-14H2,1-2H3. The number of rotatable bonds is 8. The molecule has 1 N–H and O–H groups in total. The molecule has 1 aliphatic rings. The number of hydrogen-bond acceptors (Lipinski definition) is 4. The molecule has 0 amide bonds. The minimum atomic E-state index is 0.562. The van der Waals surface area contributed by atoms with Crippen LogP contribution in [0.25, 0.3) is 0 Å². The van der Waals surface area contributed by atoms with Crippen LogP contribution in [0.5, 0.6) is 5.75 Å². The van der Waals surface area contributed by atoms with Crippen LogP contribution in [0.3, 0.4) is 0 Å². The van der Waals surface area contributed by atoms with E-state index in [1.165, 1.54) is 5.56 Å². The van der Waals surface area contributed by atoms with Crippen molar-refractivity contribution in [3.05, 3.63) is 29.8 Å². The van der Waals surface area contributed by atoms with Gasteiger partial charge >= 0.3 is 0 Å². The molecule has 2 rings (SSSR count). The zero-order chi connectivity index (χ0) is 14.9. The average molecular weight is 292 g/mol. The van der Waals surface area contributed by atoms with Gasteiger partial charge < -0.3 is 14.8 Å². The fourth-order valence-corrected chi connectivity index (χ4v) is 2.40. The average Bonchev–Trinajstić information content (AvgIpc) is 2.52. The van der Waals surface area contributed by atoms with Gasteiger partial charge in [-0.05, 0) is 23.6 Å². The topological polar surface area (TPSA) is 33.7 Å². The van der Waals surface area contributed by atoms with Gasteiger partial charge in [0, 0.05) is 32.7 Å². The highest BCUT2D eigenvalue weighted by molar-refractivity contribution is 5.28. The molecule has 1 aromatic rings. The van der Waals surface area contributed by atoms with Gasteiger partial charge in [0.05, 0.1) is 13.2 Å². The molecule has 4 nitrogen and oxygen atoms in total. The predicted octanol–water partition coefficient (Wildman–Crippen LogP) is 2.11. The normalized spacial score (nSPS) is 16.3. The predicted molar refractivity (Wildman–Crippen MR) is 86.2 cm³/mol. The summed E-state index contributed by atoms with van der Waals surface area (Å²) in [6.07, 6.45) is 0. The van der Waals surface area contributed by atoms with Crippen LogP contribution in [0.4, 0.5) is 0 Å². The second kappa shape index (κ2) is 9.03. The maximum atomic E-state index is 5.68. The first-order valence-corrected chi connectivity index (χ1v) is 7.99. The third-order valence-electron chi connectivity index (χ3n) is 3.80. The summed E-state index contributed by atoms with van der Waals surface area (Å²) in [7, 11) is 0. The minimum absolute atomic E-state index is 0.562. The molecule has 0 atom stereocenters. The molecule has 1 aromatic carbocycles. The zero-order valence-corrected chi connectivity index (χ0v) is 13.3. The van der Waals surface area contributed by atoms with Gasteiger partial charge in [-0.1, -0.05) is 26.0 Å². The second-order valence-corrected chi connectivity index (χ2v) is 5.78. The maximum absolute atomic E-state index is 5.68. The van der Waals surface area contributed by atoms with E-state index >= 15 is 0 Å². The van der Waals surface area contributed by atoms with Gasteiger partial charge in [0.2, 0.25) is 0 Å². The quantitative estimate of drug-likeness (QED) is 0.744. The van der Waals surface area contributed by atoms with Crippen LogP contribution in [-0.4, -0.2) is 57.4 Å². The molecule has 1 fully saturated rings. The lowest BCUT2D eigenvalue weighted by molar-refractivity contribution is 0.0767. The molecule has 4 heteroatoms. The van der Waals surface area contributed by atoms with Gasteiger partial charge in [0.1, 0.15) is 12.4 Å². The molecule has 0 unspecified atom stereocenters. The highest BCUT2D eigenvalue weighted by Gasteiger charge is 2.08. The summed E-state index contributed by atoms with van der Waals surface area (Å²) < 4.78 is 11.3. The lowest BCUT2D eigenvalue weighted by Crippen LogP contribution is -2.44. The van der Waals surface area contributed by atoms with Crippen molar-refractivity contribution >= 4 is 0 Å². The van der Waals surface area contributed by atoms with Crippen LogP contribution in [0.1, 0.15) is 25.3 Å². The third kappa shape index (κ3) is 6.04. The van der Waals surface area contributed by atoms with Crippen molar-refractivity contribution in [1.82, 2.24) is 10.2 Å². The van der Waals surface area contributed by atoms with E-state index in [1.54, 1.807) is 0 Å². The summed E-state index contributed by atoms with van der Waals surface area (Å²) >= 11 is 0. The first kappa shape index (κ1) is 16.3. The maximum Gasteiger partial charge on any atom is 0.119 e. The van der Waals surface area contributed by atoms with E-state index in [4.69, 9.17) is 9.47 Å². The summed E-state index contributed by atoms with van der Waals surface area (Å²) in [5, 5.41) is 3.35. The molecule has 0 radical (unpaired) electrons. The molecule has 0 spiro atoms. The highest BCUT2D eigenvalue weighted by atomic mass is 16.5. The number of ether oxygens (including phenoxy) is 2. The van der Waals surface area contributed by atoms with Crippen molar-refractivity contribution in [2.75, 3.05) is 52.5 Å². The summed E-state index contributed by atoms with van der Waals surface area (Å²) in [4.78, 5) is 2.43. The number of nitrogens with zero attached hydrogens (tertiary/aromatic N) is 1. The Labute approximate surface area is 128 Å². The number of hydrogen-bond donors (Lipinski definition) is 1. The van der Waals surface area contributed by atoms with Crippen molar-refractivity contribution in [2.24, 2.45) is 0 Å². The Morgan fingerprint density at radius 1 is 1.05 bits per heavy atom. The molecular formula is C17H28N2O2. The fourth-order valence-electron chi connectivity index (χ4n) is 2.40. The van der Waals surface area contributed by atoms with Gasteiger partial charge in [-0.2, -0.15) is 0 Å². The zero-order valence-electron chi connectivity index (χ0n) is 13.3. The van der Waals surface area contributed by atoms with E-state index in [9.17, 15) is 0 Å². The molecule has 118 valence electrons. The first-order chi connectivity index (χ1) is 10.3. The molecule has 0 bridgehead atoms. The Morgan fingerprint density at radius 3 is 2.43 bits per heavy atom. The smallest absolute Gasteiger partial charge is 0.119 e. The molecule has 1 aliphatic heterocycles. The molecule has 0 aliphatic carbocycles. The lowest BCUT2D eigenvalue weighted by Gasteiger charge is -2.26. The highest BCUT2D eigenvalue weighted by Crippen LogP contribution is 2.18. The summed E-state index contributed by atoms with van der Waals surface area (Å²) in [6.45, 7) is 11.9. The van der Waals surface area contributed by atoms with Gasteiger partial charge in [0.25, 0.3) is 0 Å². The molecule has 0 saturated carbocycles. The van der Waals surface area contributed by atoms with Crippen molar-refractivity contribution in [3.63, 3.8) is 0 Å². The Bertz CT molecular complexity index is 386.